The highest BCUT2D eigenvalue weighted by Gasteiger charge is 2.02. The summed E-state index contributed by atoms with van der Waals surface area (Å²) in [4.78, 5) is 2.89. The summed E-state index contributed by atoms with van der Waals surface area (Å²) in [6.45, 7) is 10.9. The Labute approximate surface area is 122 Å². The molecular weight excluding hydrogens is 254 g/mol. The van der Waals surface area contributed by atoms with Crippen LogP contribution in [0.1, 0.15) is 31.4 Å². The smallest absolute Gasteiger partial charge is 0.103 e. The minimum Gasteiger partial charge on any atom is -0.389 e. The number of hydrogen-bond donors (Lipinski definition) is 2. The van der Waals surface area contributed by atoms with E-state index in [1.54, 1.807) is 0 Å². The van der Waals surface area contributed by atoms with Gasteiger partial charge in [0.15, 0.2) is 0 Å². The molecule has 0 spiro atoms. The first-order valence-corrected chi connectivity index (χ1v) is 7.36. The van der Waals surface area contributed by atoms with Gasteiger partial charge in [-0.3, -0.25) is 0 Å². The van der Waals surface area contributed by atoms with E-state index in [1.165, 1.54) is 11.3 Å². The fourth-order valence-electron chi connectivity index (χ4n) is 2.08. The molecule has 0 aromatic heterocycles. The van der Waals surface area contributed by atoms with Crippen LogP contribution in [0.15, 0.2) is 18.2 Å². The van der Waals surface area contributed by atoms with E-state index in [0.717, 1.165) is 38.2 Å². The second-order valence-corrected chi connectivity index (χ2v) is 5.14. The molecule has 4 heteroatoms. The van der Waals surface area contributed by atoms with E-state index in [9.17, 15) is 0 Å². The zero-order valence-corrected chi connectivity index (χ0v) is 13.0. The fourth-order valence-corrected chi connectivity index (χ4v) is 2.21. The number of nitrogens with two attached hydrogens (primary N) is 1. The molecule has 106 valence electrons. The van der Waals surface area contributed by atoms with Crippen molar-refractivity contribution in [2.75, 3.05) is 31.5 Å². The van der Waals surface area contributed by atoms with Gasteiger partial charge in [-0.25, -0.2) is 0 Å². The number of benzene rings is 1. The highest BCUT2D eigenvalue weighted by molar-refractivity contribution is 7.80. The van der Waals surface area contributed by atoms with Crippen molar-refractivity contribution in [3.63, 3.8) is 0 Å². The van der Waals surface area contributed by atoms with Gasteiger partial charge in [0.1, 0.15) is 4.99 Å². The predicted molar refractivity (Wildman–Crippen MR) is 88.0 cm³/mol. The van der Waals surface area contributed by atoms with Gasteiger partial charge in [-0.2, -0.15) is 0 Å². The van der Waals surface area contributed by atoms with Crippen LogP contribution < -0.4 is 11.1 Å². The molecule has 0 aliphatic rings. The summed E-state index contributed by atoms with van der Waals surface area (Å²) in [5.74, 6) is 0. The fraction of sp³-hybridized carbons (Fsp3) is 0.533. The highest BCUT2D eigenvalue weighted by atomic mass is 32.1. The average molecular weight is 279 g/mol. The molecule has 0 saturated heterocycles. The minimum absolute atomic E-state index is 0.455. The van der Waals surface area contributed by atoms with Gasteiger partial charge in [-0.05, 0) is 56.7 Å². The summed E-state index contributed by atoms with van der Waals surface area (Å²) < 4.78 is 0. The molecule has 0 atom stereocenters. The zero-order chi connectivity index (χ0) is 14.3. The molecule has 0 unspecified atom stereocenters. The van der Waals surface area contributed by atoms with Crippen molar-refractivity contribution in [1.29, 1.82) is 0 Å². The van der Waals surface area contributed by atoms with E-state index >= 15 is 0 Å². The molecule has 0 fully saturated rings. The molecule has 0 bridgehead atoms. The molecular formula is C15H25N3S. The first kappa shape index (κ1) is 15.9. The molecule has 3 nitrogen and oxygen atoms in total. The van der Waals surface area contributed by atoms with Crippen molar-refractivity contribution in [3.05, 3.63) is 29.3 Å². The van der Waals surface area contributed by atoms with Gasteiger partial charge in [-0.15, -0.1) is 0 Å². The molecule has 1 rings (SSSR count). The largest absolute Gasteiger partial charge is 0.389 e. The maximum absolute atomic E-state index is 5.62. The van der Waals surface area contributed by atoms with Gasteiger partial charge in [0.05, 0.1) is 0 Å². The van der Waals surface area contributed by atoms with Crippen molar-refractivity contribution in [3.8, 4) is 0 Å². The summed E-state index contributed by atoms with van der Waals surface area (Å²) in [6, 6.07) is 6.07. The standard InChI is InChI=1S/C15H25N3S/c1-4-18(5-2)10-6-9-17-14-8-7-13(15(16)19)11-12(14)3/h7-8,11,17H,4-6,9-10H2,1-3H3,(H2,16,19). The number of nitrogens with one attached hydrogen (secondary N) is 1. The van der Waals surface area contributed by atoms with Crippen LogP contribution in [0, 0.1) is 6.92 Å². The molecule has 0 saturated carbocycles. The molecule has 19 heavy (non-hydrogen) atoms. The topological polar surface area (TPSA) is 41.3 Å². The minimum atomic E-state index is 0.455. The second-order valence-electron chi connectivity index (χ2n) is 4.70. The highest BCUT2D eigenvalue weighted by Crippen LogP contribution is 2.16. The van der Waals surface area contributed by atoms with Crippen molar-refractivity contribution >= 4 is 22.9 Å². The van der Waals surface area contributed by atoms with E-state index < -0.39 is 0 Å². The lowest BCUT2D eigenvalue weighted by Gasteiger charge is -2.18. The number of nitrogens with zero attached hydrogens (tertiary/aromatic N) is 1. The van der Waals surface area contributed by atoms with E-state index in [0.29, 0.717) is 4.99 Å². The number of thiocarbonyl (C=S) groups is 1. The van der Waals surface area contributed by atoms with Crippen molar-refractivity contribution in [1.82, 2.24) is 4.90 Å². The Balaban J connectivity index is 2.43. The molecule has 0 aliphatic carbocycles. The third-order valence-corrected chi connectivity index (χ3v) is 3.61. The number of aryl methyl sites for hydroxylation is 1. The Morgan fingerprint density at radius 3 is 2.53 bits per heavy atom. The SMILES string of the molecule is CCN(CC)CCCNc1ccc(C(N)=S)cc1C. The van der Waals surface area contributed by atoms with Gasteiger partial charge >= 0.3 is 0 Å². The summed E-state index contributed by atoms with van der Waals surface area (Å²) in [5.41, 5.74) is 8.91. The Morgan fingerprint density at radius 1 is 1.32 bits per heavy atom. The number of anilines is 1. The Morgan fingerprint density at radius 2 is 2.00 bits per heavy atom. The van der Waals surface area contributed by atoms with Gasteiger partial charge < -0.3 is 16.0 Å². The molecule has 1 aromatic carbocycles. The van der Waals surface area contributed by atoms with Crippen LogP contribution in [-0.4, -0.2) is 36.1 Å². The summed E-state index contributed by atoms with van der Waals surface area (Å²) in [7, 11) is 0. The average Bonchev–Trinajstić information content (AvgIpc) is 2.40. The third-order valence-electron chi connectivity index (χ3n) is 3.37. The van der Waals surface area contributed by atoms with Crippen molar-refractivity contribution in [2.45, 2.75) is 27.2 Å². The molecule has 0 aliphatic heterocycles. The molecule has 0 heterocycles. The first-order chi connectivity index (χ1) is 9.08. The van der Waals surface area contributed by atoms with Crippen LogP contribution >= 0.6 is 12.2 Å². The van der Waals surface area contributed by atoms with Crippen LogP contribution in [0.3, 0.4) is 0 Å². The maximum atomic E-state index is 5.62. The van der Waals surface area contributed by atoms with Crippen molar-refractivity contribution < 1.29 is 0 Å². The number of hydrogen-bond acceptors (Lipinski definition) is 3. The lowest BCUT2D eigenvalue weighted by atomic mass is 10.1. The molecule has 3 N–H and O–H groups in total. The maximum Gasteiger partial charge on any atom is 0.103 e. The summed E-state index contributed by atoms with van der Waals surface area (Å²) >= 11 is 4.98. The normalized spacial score (nSPS) is 10.7. The Kier molecular flexibility index (Phi) is 6.81. The Hall–Kier alpha value is -1.13. The van der Waals surface area contributed by atoms with Crippen LogP contribution in [0.4, 0.5) is 5.69 Å². The summed E-state index contributed by atoms with van der Waals surface area (Å²) in [6.07, 6.45) is 1.15. The van der Waals surface area contributed by atoms with Crippen LogP contribution in [0.5, 0.6) is 0 Å². The lowest BCUT2D eigenvalue weighted by Crippen LogP contribution is -2.25. The van der Waals surface area contributed by atoms with Crippen molar-refractivity contribution in [2.24, 2.45) is 5.73 Å². The van der Waals surface area contributed by atoms with Crippen LogP contribution in [-0.2, 0) is 0 Å². The zero-order valence-electron chi connectivity index (χ0n) is 12.2. The first-order valence-electron chi connectivity index (χ1n) is 6.95. The van der Waals surface area contributed by atoms with E-state index in [1.807, 2.05) is 12.1 Å². The Bertz CT molecular complexity index is 414. The van der Waals surface area contributed by atoms with Crippen LogP contribution in [0.25, 0.3) is 0 Å². The predicted octanol–water partition coefficient (Wildman–Crippen LogP) is 2.77. The monoisotopic (exact) mass is 279 g/mol. The quantitative estimate of drug-likeness (QED) is 0.567. The number of rotatable bonds is 8. The molecule has 0 radical (unpaired) electrons. The van der Waals surface area contributed by atoms with E-state index in [-0.39, 0.29) is 0 Å². The van der Waals surface area contributed by atoms with Gasteiger partial charge in [-0.1, -0.05) is 26.1 Å². The molecule has 1 aromatic rings. The lowest BCUT2D eigenvalue weighted by molar-refractivity contribution is 0.303. The van der Waals surface area contributed by atoms with E-state index in [4.69, 9.17) is 18.0 Å². The van der Waals surface area contributed by atoms with E-state index in [2.05, 4.69) is 37.1 Å². The van der Waals surface area contributed by atoms with Crippen LogP contribution in [0.2, 0.25) is 0 Å². The molecule has 0 amide bonds. The van der Waals surface area contributed by atoms with Gasteiger partial charge in [0.25, 0.3) is 0 Å². The third kappa shape index (κ3) is 5.17. The van der Waals surface area contributed by atoms with Gasteiger partial charge in [0.2, 0.25) is 0 Å². The second kappa shape index (κ2) is 8.12. The van der Waals surface area contributed by atoms with Gasteiger partial charge in [0, 0.05) is 17.8 Å². The summed E-state index contributed by atoms with van der Waals surface area (Å²) in [5, 5.41) is 3.47.